The van der Waals surface area contributed by atoms with Crippen molar-refractivity contribution in [1.82, 2.24) is 0 Å². The number of unbranched alkanes of at least 4 members (excludes halogenated alkanes) is 1. The quantitative estimate of drug-likeness (QED) is 0.418. The highest BCUT2D eigenvalue weighted by molar-refractivity contribution is 5.80. The van der Waals surface area contributed by atoms with Crippen molar-refractivity contribution in [3.05, 3.63) is 35.4 Å². The molecule has 2 aliphatic rings. The van der Waals surface area contributed by atoms with Crippen LogP contribution in [0.5, 0.6) is 0 Å². The Morgan fingerprint density at radius 1 is 1.04 bits per heavy atom. The van der Waals surface area contributed by atoms with Gasteiger partial charge in [0.2, 0.25) is 0 Å². The van der Waals surface area contributed by atoms with Gasteiger partial charge in [0, 0.05) is 12.3 Å². The van der Waals surface area contributed by atoms with Crippen molar-refractivity contribution in [3.63, 3.8) is 0 Å². The van der Waals surface area contributed by atoms with Crippen LogP contribution in [0, 0.1) is 30.6 Å². The SMILES string of the molecule is Cc1ccccc1CCC(C)C(=O)CCCCC1CCCC2CCCCC12. The summed E-state index contributed by atoms with van der Waals surface area (Å²) in [5.41, 5.74) is 2.75. The summed E-state index contributed by atoms with van der Waals surface area (Å²) in [4.78, 5) is 12.5. The minimum atomic E-state index is 0.210. The highest BCUT2D eigenvalue weighted by Crippen LogP contribution is 2.45. The summed E-state index contributed by atoms with van der Waals surface area (Å²) in [7, 11) is 0. The Balaban J connectivity index is 1.33. The summed E-state index contributed by atoms with van der Waals surface area (Å²) in [6.07, 6.45) is 16.9. The lowest BCUT2D eigenvalue weighted by Gasteiger charge is -2.41. The van der Waals surface area contributed by atoms with Gasteiger partial charge in [-0.15, -0.1) is 0 Å². The van der Waals surface area contributed by atoms with Gasteiger partial charge in [0.25, 0.3) is 0 Å². The van der Waals surface area contributed by atoms with E-state index >= 15 is 0 Å². The summed E-state index contributed by atoms with van der Waals surface area (Å²) < 4.78 is 0. The number of benzene rings is 1. The molecule has 4 unspecified atom stereocenters. The molecule has 150 valence electrons. The maximum atomic E-state index is 12.5. The summed E-state index contributed by atoms with van der Waals surface area (Å²) in [5.74, 6) is 3.74. The van der Waals surface area contributed by atoms with E-state index in [2.05, 4.69) is 38.1 Å². The Kier molecular flexibility index (Phi) is 7.97. The molecule has 0 heterocycles. The number of carbonyl (C=O) groups excluding carboxylic acids is 1. The van der Waals surface area contributed by atoms with Crippen molar-refractivity contribution in [2.24, 2.45) is 23.7 Å². The second-order valence-electron chi connectivity index (χ2n) is 9.48. The second-order valence-corrected chi connectivity index (χ2v) is 9.48. The molecule has 3 rings (SSSR count). The monoisotopic (exact) mass is 368 g/mol. The van der Waals surface area contributed by atoms with Gasteiger partial charge >= 0.3 is 0 Å². The molecule has 1 heteroatoms. The van der Waals surface area contributed by atoms with E-state index in [1.165, 1.54) is 68.9 Å². The fourth-order valence-electron chi connectivity index (χ4n) is 5.81. The van der Waals surface area contributed by atoms with Gasteiger partial charge < -0.3 is 0 Å². The first-order chi connectivity index (χ1) is 13.1. The number of Topliss-reactive ketones (excluding diaryl/α,β-unsaturated/α-hetero) is 1. The van der Waals surface area contributed by atoms with E-state index in [0.717, 1.165) is 43.4 Å². The zero-order valence-corrected chi connectivity index (χ0v) is 17.7. The van der Waals surface area contributed by atoms with E-state index in [1.54, 1.807) is 0 Å². The molecule has 2 aliphatic carbocycles. The molecule has 27 heavy (non-hydrogen) atoms. The normalized spacial score (nSPS) is 26.4. The van der Waals surface area contributed by atoms with Gasteiger partial charge in [-0.05, 0) is 61.5 Å². The Morgan fingerprint density at radius 2 is 1.81 bits per heavy atom. The number of rotatable bonds is 9. The predicted octanol–water partition coefficient (Wildman–Crippen LogP) is 7.30. The molecule has 2 saturated carbocycles. The molecule has 1 aromatic carbocycles. The number of aryl methyl sites for hydroxylation is 2. The fourth-order valence-corrected chi connectivity index (χ4v) is 5.81. The molecular formula is C26H40O. The molecule has 0 spiro atoms. The molecule has 4 atom stereocenters. The first-order valence-electron chi connectivity index (χ1n) is 11.7. The van der Waals surface area contributed by atoms with Crippen LogP contribution in [0.25, 0.3) is 0 Å². The Bertz CT molecular complexity index is 588. The average Bonchev–Trinajstić information content (AvgIpc) is 2.70. The topological polar surface area (TPSA) is 17.1 Å². The summed E-state index contributed by atoms with van der Waals surface area (Å²) >= 11 is 0. The first-order valence-corrected chi connectivity index (χ1v) is 11.7. The van der Waals surface area contributed by atoms with E-state index in [-0.39, 0.29) is 5.92 Å². The van der Waals surface area contributed by atoms with Crippen LogP contribution in [0.2, 0.25) is 0 Å². The molecular weight excluding hydrogens is 328 g/mol. The van der Waals surface area contributed by atoms with Crippen molar-refractivity contribution >= 4 is 5.78 Å². The standard InChI is InChI=1S/C26H40O/c1-20-10-3-4-11-22(20)19-18-21(2)26(27)17-8-6-13-24-15-9-14-23-12-5-7-16-25(23)24/h3-4,10-11,21,23-25H,5-9,12-19H2,1-2H3. The third-order valence-corrected chi connectivity index (χ3v) is 7.63. The van der Waals surface area contributed by atoms with Crippen molar-refractivity contribution in [3.8, 4) is 0 Å². The average molecular weight is 369 g/mol. The van der Waals surface area contributed by atoms with Gasteiger partial charge in [-0.1, -0.05) is 82.6 Å². The lowest BCUT2D eigenvalue weighted by molar-refractivity contribution is -0.122. The van der Waals surface area contributed by atoms with E-state index in [4.69, 9.17) is 0 Å². The molecule has 2 fully saturated rings. The molecule has 0 aliphatic heterocycles. The second kappa shape index (κ2) is 10.4. The molecule has 1 aromatic rings. The van der Waals surface area contributed by atoms with Crippen LogP contribution in [0.15, 0.2) is 24.3 Å². The molecule has 0 amide bonds. The lowest BCUT2D eigenvalue weighted by atomic mass is 9.64. The van der Waals surface area contributed by atoms with Crippen LogP contribution in [-0.2, 0) is 11.2 Å². The zero-order valence-electron chi connectivity index (χ0n) is 17.7. The maximum Gasteiger partial charge on any atom is 0.135 e. The van der Waals surface area contributed by atoms with Gasteiger partial charge in [0.15, 0.2) is 0 Å². The van der Waals surface area contributed by atoms with Gasteiger partial charge in [0.05, 0.1) is 0 Å². The third-order valence-electron chi connectivity index (χ3n) is 7.63. The summed E-state index contributed by atoms with van der Waals surface area (Å²) in [6.45, 7) is 4.30. The van der Waals surface area contributed by atoms with Crippen molar-refractivity contribution in [1.29, 1.82) is 0 Å². The number of carbonyl (C=O) groups is 1. The largest absolute Gasteiger partial charge is 0.299 e. The van der Waals surface area contributed by atoms with Crippen LogP contribution in [0.1, 0.15) is 95.1 Å². The number of hydrogen-bond donors (Lipinski definition) is 0. The minimum Gasteiger partial charge on any atom is -0.299 e. The third kappa shape index (κ3) is 5.93. The number of ketones is 1. The highest BCUT2D eigenvalue weighted by Gasteiger charge is 2.34. The summed E-state index contributed by atoms with van der Waals surface area (Å²) in [5, 5.41) is 0. The molecule has 0 saturated heterocycles. The minimum absolute atomic E-state index is 0.210. The van der Waals surface area contributed by atoms with Crippen LogP contribution in [0.4, 0.5) is 0 Å². The maximum absolute atomic E-state index is 12.5. The van der Waals surface area contributed by atoms with E-state index in [9.17, 15) is 4.79 Å². The Hall–Kier alpha value is -1.11. The van der Waals surface area contributed by atoms with E-state index in [1.807, 2.05) is 0 Å². The summed E-state index contributed by atoms with van der Waals surface area (Å²) in [6, 6.07) is 8.57. The smallest absolute Gasteiger partial charge is 0.135 e. The molecule has 0 bridgehead atoms. The molecule has 0 radical (unpaired) electrons. The van der Waals surface area contributed by atoms with Crippen molar-refractivity contribution in [2.45, 2.75) is 97.3 Å². The van der Waals surface area contributed by atoms with Crippen LogP contribution < -0.4 is 0 Å². The van der Waals surface area contributed by atoms with Crippen LogP contribution in [-0.4, -0.2) is 5.78 Å². The Morgan fingerprint density at radius 3 is 2.67 bits per heavy atom. The number of hydrogen-bond acceptors (Lipinski definition) is 1. The van der Waals surface area contributed by atoms with E-state index < -0.39 is 0 Å². The van der Waals surface area contributed by atoms with Gasteiger partial charge in [-0.25, -0.2) is 0 Å². The fraction of sp³-hybridized carbons (Fsp3) is 0.731. The van der Waals surface area contributed by atoms with E-state index in [0.29, 0.717) is 5.78 Å². The van der Waals surface area contributed by atoms with Gasteiger partial charge in [0.1, 0.15) is 5.78 Å². The number of fused-ring (bicyclic) bond motifs is 1. The van der Waals surface area contributed by atoms with Crippen LogP contribution in [0.3, 0.4) is 0 Å². The molecule has 0 N–H and O–H groups in total. The van der Waals surface area contributed by atoms with Gasteiger partial charge in [-0.3, -0.25) is 4.79 Å². The Labute approximate surface area is 167 Å². The zero-order chi connectivity index (χ0) is 19.1. The first kappa shape index (κ1) is 20.6. The van der Waals surface area contributed by atoms with Crippen LogP contribution >= 0.6 is 0 Å². The van der Waals surface area contributed by atoms with Gasteiger partial charge in [-0.2, -0.15) is 0 Å². The molecule has 0 aromatic heterocycles. The predicted molar refractivity (Wildman–Crippen MR) is 115 cm³/mol. The molecule has 1 nitrogen and oxygen atoms in total. The van der Waals surface area contributed by atoms with Crippen molar-refractivity contribution < 1.29 is 4.79 Å². The lowest BCUT2D eigenvalue weighted by Crippen LogP contribution is -2.31. The van der Waals surface area contributed by atoms with Crippen molar-refractivity contribution in [2.75, 3.05) is 0 Å². The highest BCUT2D eigenvalue weighted by atomic mass is 16.1.